The first-order valence-electron chi connectivity index (χ1n) is 9.07. The van der Waals surface area contributed by atoms with E-state index in [2.05, 4.69) is 5.32 Å². The predicted molar refractivity (Wildman–Crippen MR) is 113 cm³/mol. The number of nitrogens with one attached hydrogen (secondary N) is 1. The molecule has 0 saturated heterocycles. The molecular formula is C23H22ClNO3. The van der Waals surface area contributed by atoms with Crippen LogP contribution in [0.3, 0.4) is 0 Å². The van der Waals surface area contributed by atoms with Gasteiger partial charge >= 0.3 is 0 Å². The summed E-state index contributed by atoms with van der Waals surface area (Å²) in [6.45, 7) is 4.71. The van der Waals surface area contributed by atoms with Crippen LogP contribution in [0.4, 0.5) is 5.69 Å². The zero-order valence-corrected chi connectivity index (χ0v) is 16.6. The van der Waals surface area contributed by atoms with Gasteiger partial charge in [0.05, 0.1) is 6.61 Å². The largest absolute Gasteiger partial charge is 0.493 e. The Morgan fingerprint density at radius 2 is 1.79 bits per heavy atom. The number of carbonyl (C=O) groups is 1. The first kappa shape index (κ1) is 19.8. The molecule has 0 atom stereocenters. The van der Waals surface area contributed by atoms with Crippen molar-refractivity contribution in [2.45, 2.75) is 20.5 Å². The van der Waals surface area contributed by atoms with Gasteiger partial charge in [0.1, 0.15) is 18.1 Å². The molecule has 144 valence electrons. The number of rotatable bonds is 7. The van der Waals surface area contributed by atoms with Crippen molar-refractivity contribution in [3.8, 4) is 11.5 Å². The van der Waals surface area contributed by atoms with Gasteiger partial charge in [0.25, 0.3) is 5.91 Å². The minimum absolute atomic E-state index is 0.184. The van der Waals surface area contributed by atoms with E-state index in [9.17, 15) is 4.79 Å². The predicted octanol–water partition coefficient (Wildman–Crippen LogP) is 5.88. The number of carbonyl (C=O) groups excluding carboxylic acids is 1. The van der Waals surface area contributed by atoms with E-state index < -0.39 is 0 Å². The number of hydrogen-bond donors (Lipinski definition) is 1. The number of halogens is 1. The third-order valence-electron chi connectivity index (χ3n) is 4.12. The third kappa shape index (κ3) is 5.27. The average Bonchev–Trinajstić information content (AvgIpc) is 2.69. The van der Waals surface area contributed by atoms with Crippen LogP contribution in [-0.4, -0.2) is 12.5 Å². The van der Waals surface area contributed by atoms with E-state index in [-0.39, 0.29) is 12.5 Å². The molecule has 28 heavy (non-hydrogen) atoms. The van der Waals surface area contributed by atoms with E-state index in [1.807, 2.05) is 50.2 Å². The quantitative estimate of drug-likeness (QED) is 0.543. The Bertz CT molecular complexity index is 954. The molecule has 0 heterocycles. The van der Waals surface area contributed by atoms with Crippen LogP contribution < -0.4 is 14.8 Å². The number of anilines is 1. The van der Waals surface area contributed by atoms with Crippen molar-refractivity contribution in [3.63, 3.8) is 0 Å². The van der Waals surface area contributed by atoms with E-state index in [4.69, 9.17) is 21.1 Å². The SMILES string of the molecule is CCOc1ccc(C(=O)Nc2ccc(C)cc2)cc1COc1cccc(Cl)c1. The van der Waals surface area contributed by atoms with Crippen molar-refractivity contribution in [1.29, 1.82) is 0 Å². The molecule has 0 unspecified atom stereocenters. The minimum Gasteiger partial charge on any atom is -0.493 e. The van der Waals surface area contributed by atoms with Crippen LogP contribution in [0.25, 0.3) is 0 Å². The Hall–Kier alpha value is -2.98. The normalized spacial score (nSPS) is 10.4. The van der Waals surface area contributed by atoms with Gasteiger partial charge in [-0.25, -0.2) is 0 Å². The molecule has 0 spiro atoms. The molecule has 3 aromatic rings. The second-order valence-electron chi connectivity index (χ2n) is 6.32. The summed E-state index contributed by atoms with van der Waals surface area (Å²) < 4.78 is 11.5. The maximum absolute atomic E-state index is 12.6. The van der Waals surface area contributed by atoms with Crippen LogP contribution in [-0.2, 0) is 6.61 Å². The van der Waals surface area contributed by atoms with E-state index in [0.717, 1.165) is 16.8 Å². The van der Waals surface area contributed by atoms with Crippen molar-refractivity contribution < 1.29 is 14.3 Å². The van der Waals surface area contributed by atoms with Crippen molar-refractivity contribution in [3.05, 3.63) is 88.4 Å². The van der Waals surface area contributed by atoms with E-state index in [0.29, 0.717) is 28.7 Å². The van der Waals surface area contributed by atoms with Crippen molar-refractivity contribution >= 4 is 23.2 Å². The fraction of sp³-hybridized carbons (Fsp3) is 0.174. The lowest BCUT2D eigenvalue weighted by Gasteiger charge is -2.14. The van der Waals surface area contributed by atoms with Gasteiger partial charge in [0.15, 0.2) is 0 Å². The second kappa shape index (κ2) is 9.29. The summed E-state index contributed by atoms with van der Waals surface area (Å²) in [7, 11) is 0. The molecule has 0 aliphatic carbocycles. The minimum atomic E-state index is -0.184. The summed E-state index contributed by atoms with van der Waals surface area (Å²) in [5, 5.41) is 3.51. The molecule has 3 aromatic carbocycles. The highest BCUT2D eigenvalue weighted by atomic mass is 35.5. The Morgan fingerprint density at radius 3 is 2.50 bits per heavy atom. The van der Waals surface area contributed by atoms with Gasteiger partial charge in [0, 0.05) is 21.8 Å². The lowest BCUT2D eigenvalue weighted by Crippen LogP contribution is -2.13. The lowest BCUT2D eigenvalue weighted by molar-refractivity contribution is 0.102. The van der Waals surface area contributed by atoms with E-state index in [1.54, 1.807) is 30.3 Å². The van der Waals surface area contributed by atoms with E-state index in [1.165, 1.54) is 0 Å². The number of benzene rings is 3. The topological polar surface area (TPSA) is 47.6 Å². The fourth-order valence-corrected chi connectivity index (χ4v) is 2.87. The molecule has 0 aliphatic heterocycles. The van der Waals surface area contributed by atoms with Crippen LogP contribution in [0.2, 0.25) is 5.02 Å². The van der Waals surface area contributed by atoms with Gasteiger partial charge in [-0.15, -0.1) is 0 Å². The number of hydrogen-bond acceptors (Lipinski definition) is 3. The Labute approximate surface area is 170 Å². The summed E-state index contributed by atoms with van der Waals surface area (Å²) in [6.07, 6.45) is 0. The lowest BCUT2D eigenvalue weighted by atomic mass is 10.1. The summed E-state index contributed by atoms with van der Waals surface area (Å²) in [4.78, 5) is 12.6. The standard InChI is InChI=1S/C23H22ClNO3/c1-3-27-22-12-9-17(23(26)25-20-10-7-16(2)8-11-20)13-18(22)15-28-21-6-4-5-19(24)14-21/h4-14H,3,15H2,1-2H3,(H,25,26). The Kier molecular flexibility index (Phi) is 6.56. The third-order valence-corrected chi connectivity index (χ3v) is 4.36. The highest BCUT2D eigenvalue weighted by molar-refractivity contribution is 6.30. The van der Waals surface area contributed by atoms with Gasteiger partial charge in [-0.3, -0.25) is 4.79 Å². The highest BCUT2D eigenvalue weighted by Crippen LogP contribution is 2.24. The van der Waals surface area contributed by atoms with Gasteiger partial charge in [-0.1, -0.05) is 35.4 Å². The average molecular weight is 396 g/mol. The Morgan fingerprint density at radius 1 is 1.00 bits per heavy atom. The second-order valence-corrected chi connectivity index (χ2v) is 6.76. The smallest absolute Gasteiger partial charge is 0.255 e. The molecule has 0 fully saturated rings. The van der Waals surface area contributed by atoms with Crippen molar-refractivity contribution in [2.24, 2.45) is 0 Å². The maximum atomic E-state index is 12.6. The summed E-state index contributed by atoms with van der Waals surface area (Å²) in [5.41, 5.74) is 3.22. The van der Waals surface area contributed by atoms with Gasteiger partial charge in [0.2, 0.25) is 0 Å². The van der Waals surface area contributed by atoms with Gasteiger partial charge < -0.3 is 14.8 Å². The maximum Gasteiger partial charge on any atom is 0.255 e. The van der Waals surface area contributed by atoms with Crippen LogP contribution in [0.15, 0.2) is 66.7 Å². The van der Waals surface area contributed by atoms with Crippen molar-refractivity contribution in [2.75, 3.05) is 11.9 Å². The monoisotopic (exact) mass is 395 g/mol. The fourth-order valence-electron chi connectivity index (χ4n) is 2.69. The molecular weight excluding hydrogens is 374 g/mol. The Balaban J connectivity index is 1.77. The molecule has 0 aromatic heterocycles. The summed E-state index contributed by atoms with van der Waals surface area (Å²) >= 11 is 6.00. The number of aryl methyl sites for hydroxylation is 1. The molecule has 1 N–H and O–H groups in total. The van der Waals surface area contributed by atoms with Crippen LogP contribution in [0.5, 0.6) is 11.5 Å². The molecule has 5 heteroatoms. The number of amides is 1. The summed E-state index contributed by atoms with van der Waals surface area (Å²) in [6, 6.07) is 20.2. The molecule has 0 aliphatic rings. The van der Waals surface area contributed by atoms with Crippen LogP contribution in [0.1, 0.15) is 28.4 Å². The molecule has 0 saturated carbocycles. The summed E-state index contributed by atoms with van der Waals surface area (Å²) in [5.74, 6) is 1.16. The van der Waals surface area contributed by atoms with Crippen LogP contribution in [0, 0.1) is 6.92 Å². The molecule has 4 nitrogen and oxygen atoms in total. The highest BCUT2D eigenvalue weighted by Gasteiger charge is 2.12. The van der Waals surface area contributed by atoms with Gasteiger partial charge in [-0.05, 0) is 62.4 Å². The van der Waals surface area contributed by atoms with Crippen LogP contribution >= 0.6 is 11.6 Å². The molecule has 0 bridgehead atoms. The zero-order chi connectivity index (χ0) is 19.9. The first-order valence-corrected chi connectivity index (χ1v) is 9.45. The molecule has 0 radical (unpaired) electrons. The van der Waals surface area contributed by atoms with Crippen molar-refractivity contribution in [1.82, 2.24) is 0 Å². The first-order chi connectivity index (χ1) is 13.5. The number of ether oxygens (including phenoxy) is 2. The molecule has 1 amide bonds. The van der Waals surface area contributed by atoms with Gasteiger partial charge in [-0.2, -0.15) is 0 Å². The zero-order valence-electron chi connectivity index (χ0n) is 15.9. The molecule has 3 rings (SSSR count). The van der Waals surface area contributed by atoms with E-state index >= 15 is 0 Å².